The van der Waals surface area contributed by atoms with Gasteiger partial charge in [0.15, 0.2) is 12.0 Å². The Morgan fingerprint density at radius 3 is 2.23 bits per heavy atom. The highest BCUT2D eigenvalue weighted by atomic mass is 16.4. The van der Waals surface area contributed by atoms with E-state index in [1.54, 1.807) is 12.1 Å². The van der Waals surface area contributed by atoms with Crippen LogP contribution < -0.4 is 33.2 Å². The lowest BCUT2D eigenvalue weighted by molar-refractivity contribution is -0.144. The largest absolute Gasteiger partial charge is 0.508 e. The third-order valence-corrected chi connectivity index (χ3v) is 4.80. The van der Waals surface area contributed by atoms with Crippen LogP contribution in [-0.4, -0.2) is 82.3 Å². The van der Waals surface area contributed by atoms with Gasteiger partial charge in [-0.15, -0.1) is 0 Å². The molecule has 0 aliphatic rings. The molecule has 3 amide bonds. The number of carboxylic acid groups (broad SMARTS) is 1. The number of guanidine groups is 1. The van der Waals surface area contributed by atoms with Crippen LogP contribution in [0.1, 0.15) is 25.3 Å². The van der Waals surface area contributed by atoms with E-state index in [1.807, 2.05) is 0 Å². The number of nitrogens with one attached hydrogen (secondary N) is 3. The molecule has 1 aromatic carbocycles. The van der Waals surface area contributed by atoms with E-state index in [-0.39, 0.29) is 31.1 Å². The average Bonchev–Trinajstić information content (AvgIpc) is 2.78. The van der Waals surface area contributed by atoms with E-state index in [2.05, 4.69) is 20.9 Å². The number of hydrogen-bond acceptors (Lipinski definition) is 8. The van der Waals surface area contributed by atoms with Crippen LogP contribution in [0.4, 0.5) is 0 Å². The van der Waals surface area contributed by atoms with Crippen molar-refractivity contribution in [3.8, 4) is 5.75 Å². The second-order valence-electron chi connectivity index (χ2n) is 7.83. The summed E-state index contributed by atoms with van der Waals surface area (Å²) in [5.41, 5.74) is 17.0. The Kier molecular flexibility index (Phi) is 12.0. The number of carbonyl (C=O) groups is 4. The van der Waals surface area contributed by atoms with Crippen LogP contribution in [0.25, 0.3) is 0 Å². The molecule has 0 radical (unpaired) electrons. The minimum atomic E-state index is -1.55. The molecule has 4 atom stereocenters. The van der Waals surface area contributed by atoms with Crippen LogP contribution in [0, 0.1) is 0 Å². The Bertz CT molecular complexity index is 902. The molecule has 0 saturated carbocycles. The van der Waals surface area contributed by atoms with E-state index in [0.29, 0.717) is 12.0 Å². The molecule has 0 fully saturated rings. The molecular formula is C21H33N7O7. The second-order valence-corrected chi connectivity index (χ2v) is 7.83. The predicted molar refractivity (Wildman–Crippen MR) is 126 cm³/mol. The van der Waals surface area contributed by atoms with Crippen LogP contribution in [0.15, 0.2) is 29.3 Å². The summed E-state index contributed by atoms with van der Waals surface area (Å²) in [4.78, 5) is 52.3. The van der Waals surface area contributed by atoms with E-state index in [9.17, 15) is 29.4 Å². The van der Waals surface area contributed by atoms with Gasteiger partial charge in [0.05, 0.1) is 18.7 Å². The Labute approximate surface area is 201 Å². The number of carboxylic acids is 1. The first-order valence-corrected chi connectivity index (χ1v) is 10.8. The highest BCUT2D eigenvalue weighted by Crippen LogP contribution is 2.12. The summed E-state index contributed by atoms with van der Waals surface area (Å²) < 4.78 is 0. The number of amides is 3. The molecule has 0 bridgehead atoms. The smallest absolute Gasteiger partial charge is 0.328 e. The van der Waals surface area contributed by atoms with Crippen molar-refractivity contribution >= 4 is 29.7 Å². The lowest BCUT2D eigenvalue weighted by Crippen LogP contribution is -2.55. The van der Waals surface area contributed by atoms with Crippen molar-refractivity contribution in [2.24, 2.45) is 22.2 Å². The molecule has 0 aliphatic heterocycles. The molecule has 0 aromatic heterocycles. The van der Waals surface area contributed by atoms with Crippen LogP contribution >= 0.6 is 0 Å². The number of aliphatic imine (C=N–C) groups is 1. The first-order chi connectivity index (χ1) is 16.4. The van der Waals surface area contributed by atoms with Crippen molar-refractivity contribution in [1.82, 2.24) is 16.0 Å². The summed E-state index contributed by atoms with van der Waals surface area (Å²) in [5.74, 6) is -3.69. The Balaban J connectivity index is 2.81. The molecule has 194 valence electrons. The molecule has 14 nitrogen and oxygen atoms in total. The maximum atomic E-state index is 12.8. The zero-order valence-electron chi connectivity index (χ0n) is 19.3. The van der Waals surface area contributed by atoms with Crippen molar-refractivity contribution in [2.75, 3.05) is 13.1 Å². The van der Waals surface area contributed by atoms with Gasteiger partial charge in [0, 0.05) is 13.0 Å². The average molecular weight is 496 g/mol. The maximum Gasteiger partial charge on any atom is 0.328 e. The summed E-state index contributed by atoms with van der Waals surface area (Å²) in [6.45, 7) is 0.878. The number of aromatic hydroxyl groups is 1. The number of nitrogens with zero attached hydrogens (tertiary/aromatic N) is 1. The molecule has 14 heteroatoms. The van der Waals surface area contributed by atoms with E-state index in [0.717, 1.165) is 0 Å². The number of aliphatic carboxylic acids is 1. The Morgan fingerprint density at radius 2 is 1.69 bits per heavy atom. The minimum Gasteiger partial charge on any atom is -0.508 e. The normalized spacial score (nSPS) is 14.0. The van der Waals surface area contributed by atoms with Crippen LogP contribution in [0.5, 0.6) is 5.75 Å². The zero-order valence-corrected chi connectivity index (χ0v) is 19.3. The fraction of sp³-hybridized carbons (Fsp3) is 0.476. The fourth-order valence-corrected chi connectivity index (χ4v) is 2.91. The van der Waals surface area contributed by atoms with Gasteiger partial charge in [-0.2, -0.15) is 0 Å². The van der Waals surface area contributed by atoms with Gasteiger partial charge in [0.2, 0.25) is 17.7 Å². The van der Waals surface area contributed by atoms with Gasteiger partial charge < -0.3 is 48.5 Å². The number of rotatable bonds is 14. The van der Waals surface area contributed by atoms with Crippen molar-refractivity contribution in [3.63, 3.8) is 0 Å². The Morgan fingerprint density at radius 1 is 1.06 bits per heavy atom. The van der Waals surface area contributed by atoms with Crippen molar-refractivity contribution < 1.29 is 34.5 Å². The first kappa shape index (κ1) is 29.1. The molecule has 0 heterocycles. The summed E-state index contributed by atoms with van der Waals surface area (Å²) in [6, 6.07) is 2.31. The number of carbonyl (C=O) groups excluding carboxylic acids is 3. The minimum absolute atomic E-state index is 0.0179. The third-order valence-electron chi connectivity index (χ3n) is 4.80. The number of aliphatic hydroxyl groups is 1. The van der Waals surface area contributed by atoms with Gasteiger partial charge in [0.1, 0.15) is 11.8 Å². The van der Waals surface area contributed by atoms with Gasteiger partial charge in [-0.05, 0) is 37.5 Å². The van der Waals surface area contributed by atoms with E-state index < -0.39 is 54.5 Å². The predicted octanol–water partition coefficient (Wildman–Crippen LogP) is -3.13. The topological polar surface area (TPSA) is 255 Å². The number of hydrogen-bond donors (Lipinski definition) is 9. The number of phenols is 1. The highest BCUT2D eigenvalue weighted by Gasteiger charge is 2.27. The number of nitrogens with two attached hydrogens (primary N) is 3. The van der Waals surface area contributed by atoms with Gasteiger partial charge in [0.25, 0.3) is 0 Å². The second kappa shape index (κ2) is 14.4. The number of phenolic OH excluding ortho intramolecular Hbond substituents is 1. The van der Waals surface area contributed by atoms with E-state index in [1.165, 1.54) is 19.1 Å². The highest BCUT2D eigenvalue weighted by molar-refractivity contribution is 5.92. The molecule has 0 aliphatic carbocycles. The van der Waals surface area contributed by atoms with Gasteiger partial charge >= 0.3 is 5.97 Å². The molecule has 1 aromatic rings. The molecule has 0 spiro atoms. The van der Waals surface area contributed by atoms with Crippen LogP contribution in [0.3, 0.4) is 0 Å². The van der Waals surface area contributed by atoms with Crippen molar-refractivity contribution in [1.29, 1.82) is 0 Å². The number of aliphatic hydroxyl groups excluding tert-OH is 1. The third kappa shape index (κ3) is 11.2. The molecule has 4 unspecified atom stereocenters. The van der Waals surface area contributed by atoms with Gasteiger partial charge in [-0.1, -0.05) is 12.1 Å². The first-order valence-electron chi connectivity index (χ1n) is 10.8. The van der Waals surface area contributed by atoms with Crippen molar-refractivity contribution in [3.05, 3.63) is 29.8 Å². The standard InChI is InChI=1S/C21H33N7O7/c1-11(29)17(20(34)35)28-16(31)10-26-19(33)15(9-12-4-6-13(30)7-5-12)27-18(32)14(22)3-2-8-25-21(23)24/h4-7,11,14-15,17,29-30H,2-3,8-10,22H2,1H3,(H,26,33)(H,27,32)(H,28,31)(H,34,35)(H4,23,24,25). The van der Waals surface area contributed by atoms with E-state index >= 15 is 0 Å². The summed E-state index contributed by atoms with van der Waals surface area (Å²) >= 11 is 0. The quantitative estimate of drug-likeness (QED) is 0.0712. The molecule has 0 saturated heterocycles. The van der Waals surface area contributed by atoms with Gasteiger partial charge in [-0.3, -0.25) is 19.4 Å². The Hall–Kier alpha value is -3.91. The molecule has 12 N–H and O–H groups in total. The van der Waals surface area contributed by atoms with Crippen LogP contribution in [-0.2, 0) is 25.6 Å². The lowest BCUT2D eigenvalue weighted by Gasteiger charge is -2.21. The molecule has 1 rings (SSSR count). The van der Waals surface area contributed by atoms with E-state index in [4.69, 9.17) is 22.3 Å². The SMILES string of the molecule is CC(O)C(NC(=O)CNC(=O)C(Cc1ccc(O)cc1)NC(=O)C(N)CCCN=C(N)N)C(=O)O. The summed E-state index contributed by atoms with van der Waals surface area (Å²) in [5, 5.41) is 34.9. The van der Waals surface area contributed by atoms with Gasteiger partial charge in [-0.25, -0.2) is 4.79 Å². The van der Waals surface area contributed by atoms with Crippen molar-refractivity contribution in [2.45, 2.75) is 50.4 Å². The molecule has 35 heavy (non-hydrogen) atoms. The zero-order chi connectivity index (χ0) is 26.5. The monoisotopic (exact) mass is 495 g/mol. The van der Waals surface area contributed by atoms with Crippen LogP contribution in [0.2, 0.25) is 0 Å². The summed E-state index contributed by atoms with van der Waals surface area (Å²) in [7, 11) is 0. The maximum absolute atomic E-state index is 12.8. The summed E-state index contributed by atoms with van der Waals surface area (Å²) in [6.07, 6.45) is -0.669. The lowest BCUT2D eigenvalue weighted by atomic mass is 10.0. The number of benzene rings is 1. The molecular weight excluding hydrogens is 462 g/mol. The fourth-order valence-electron chi connectivity index (χ4n) is 2.91.